The molecular weight excluding hydrogens is 320 g/mol. The van der Waals surface area contributed by atoms with Crippen LogP contribution in [0.4, 0.5) is 0 Å². The Morgan fingerprint density at radius 2 is 2.16 bits per heavy atom. The minimum absolute atomic E-state index is 0.233. The third-order valence-electron chi connectivity index (χ3n) is 3.87. The SMILES string of the molecule is CN(Cc1cc(Br)cs1)C1CCC1CNC(C)(C)C. The fourth-order valence-corrected chi connectivity index (χ4v) is 4.12. The van der Waals surface area contributed by atoms with Crippen molar-refractivity contribution in [2.45, 2.75) is 51.7 Å². The summed E-state index contributed by atoms with van der Waals surface area (Å²) >= 11 is 5.38. The Balaban J connectivity index is 1.81. The van der Waals surface area contributed by atoms with Gasteiger partial charge in [-0.15, -0.1) is 11.3 Å². The van der Waals surface area contributed by atoms with E-state index in [2.05, 4.69) is 65.4 Å². The highest BCUT2D eigenvalue weighted by atomic mass is 79.9. The Morgan fingerprint density at radius 3 is 2.63 bits per heavy atom. The topological polar surface area (TPSA) is 15.3 Å². The van der Waals surface area contributed by atoms with Gasteiger partial charge in [-0.05, 0) is 75.1 Å². The van der Waals surface area contributed by atoms with E-state index < -0.39 is 0 Å². The van der Waals surface area contributed by atoms with E-state index in [9.17, 15) is 0 Å². The third kappa shape index (κ3) is 4.55. The first-order chi connectivity index (χ1) is 8.85. The highest BCUT2D eigenvalue weighted by Gasteiger charge is 2.34. The van der Waals surface area contributed by atoms with E-state index in [4.69, 9.17) is 0 Å². The molecule has 1 aromatic rings. The molecule has 2 unspecified atom stereocenters. The number of rotatable bonds is 5. The number of nitrogens with one attached hydrogen (secondary N) is 1. The molecule has 2 nitrogen and oxygen atoms in total. The van der Waals surface area contributed by atoms with Crippen molar-refractivity contribution < 1.29 is 0 Å². The Morgan fingerprint density at radius 1 is 1.42 bits per heavy atom. The second-order valence-electron chi connectivity index (χ2n) is 6.68. The zero-order valence-electron chi connectivity index (χ0n) is 12.4. The summed E-state index contributed by atoms with van der Waals surface area (Å²) in [7, 11) is 2.27. The highest BCUT2D eigenvalue weighted by molar-refractivity contribution is 9.10. The van der Waals surface area contributed by atoms with E-state index >= 15 is 0 Å². The molecule has 4 heteroatoms. The van der Waals surface area contributed by atoms with Gasteiger partial charge in [0.2, 0.25) is 0 Å². The first kappa shape index (κ1) is 15.5. The van der Waals surface area contributed by atoms with Gasteiger partial charge < -0.3 is 5.32 Å². The quantitative estimate of drug-likeness (QED) is 0.864. The largest absolute Gasteiger partial charge is 0.312 e. The van der Waals surface area contributed by atoms with Crippen molar-refractivity contribution in [1.82, 2.24) is 10.2 Å². The van der Waals surface area contributed by atoms with Crippen LogP contribution >= 0.6 is 27.3 Å². The molecule has 2 rings (SSSR count). The fourth-order valence-electron chi connectivity index (χ4n) is 2.61. The predicted octanol–water partition coefficient (Wildman–Crippen LogP) is 4.11. The molecule has 0 bridgehead atoms. The maximum Gasteiger partial charge on any atom is 0.0328 e. The van der Waals surface area contributed by atoms with Crippen molar-refractivity contribution in [1.29, 1.82) is 0 Å². The Hall–Kier alpha value is 0.1000. The van der Waals surface area contributed by atoms with Crippen LogP contribution in [0.1, 0.15) is 38.5 Å². The molecule has 0 spiro atoms. The van der Waals surface area contributed by atoms with E-state index in [0.29, 0.717) is 0 Å². The van der Waals surface area contributed by atoms with Crippen LogP contribution in [-0.4, -0.2) is 30.1 Å². The summed E-state index contributed by atoms with van der Waals surface area (Å²) in [5, 5.41) is 5.81. The molecule has 0 aromatic carbocycles. The van der Waals surface area contributed by atoms with Gasteiger partial charge in [0.05, 0.1) is 0 Å². The monoisotopic (exact) mass is 344 g/mol. The summed E-state index contributed by atoms with van der Waals surface area (Å²) in [6, 6.07) is 2.98. The molecule has 1 aromatic heterocycles. The van der Waals surface area contributed by atoms with E-state index in [1.807, 2.05) is 11.3 Å². The number of hydrogen-bond donors (Lipinski definition) is 1. The molecule has 1 fully saturated rings. The molecule has 0 amide bonds. The maximum atomic E-state index is 3.65. The van der Waals surface area contributed by atoms with Crippen LogP contribution in [0.3, 0.4) is 0 Å². The van der Waals surface area contributed by atoms with Crippen LogP contribution in [-0.2, 0) is 6.54 Å². The van der Waals surface area contributed by atoms with Crippen LogP contribution in [0, 0.1) is 5.92 Å². The Labute approximate surface area is 129 Å². The number of thiophene rings is 1. The molecule has 0 aliphatic heterocycles. The van der Waals surface area contributed by atoms with Crippen molar-refractivity contribution in [2.24, 2.45) is 5.92 Å². The number of halogens is 1. The summed E-state index contributed by atoms with van der Waals surface area (Å²) in [6.45, 7) is 8.95. The third-order valence-corrected chi connectivity index (χ3v) is 5.55. The molecule has 1 saturated carbocycles. The lowest BCUT2D eigenvalue weighted by atomic mass is 9.78. The van der Waals surface area contributed by atoms with E-state index in [0.717, 1.165) is 25.0 Å². The molecule has 1 aliphatic rings. The zero-order valence-corrected chi connectivity index (χ0v) is 14.8. The summed E-state index contributed by atoms with van der Waals surface area (Å²) in [4.78, 5) is 3.97. The molecule has 1 aliphatic carbocycles. The van der Waals surface area contributed by atoms with Crippen LogP contribution in [0.25, 0.3) is 0 Å². The van der Waals surface area contributed by atoms with E-state index in [-0.39, 0.29) is 5.54 Å². The summed E-state index contributed by atoms with van der Waals surface area (Å²) in [6.07, 6.45) is 2.71. The predicted molar refractivity (Wildman–Crippen MR) is 87.8 cm³/mol. The Bertz CT molecular complexity index is 411. The molecule has 0 radical (unpaired) electrons. The highest BCUT2D eigenvalue weighted by Crippen LogP contribution is 2.33. The molecule has 2 atom stereocenters. The molecule has 1 heterocycles. The summed E-state index contributed by atoms with van der Waals surface area (Å²) in [5.41, 5.74) is 0.233. The van der Waals surface area contributed by atoms with Crippen LogP contribution in [0.5, 0.6) is 0 Å². The summed E-state index contributed by atoms with van der Waals surface area (Å²) in [5.74, 6) is 0.813. The van der Waals surface area contributed by atoms with Crippen molar-refractivity contribution in [3.63, 3.8) is 0 Å². The average Bonchev–Trinajstić information content (AvgIpc) is 2.60. The van der Waals surface area contributed by atoms with Crippen molar-refractivity contribution in [3.05, 3.63) is 20.8 Å². The Kier molecular flexibility index (Phi) is 5.09. The van der Waals surface area contributed by atoms with E-state index in [1.165, 1.54) is 22.2 Å². The zero-order chi connectivity index (χ0) is 14.0. The van der Waals surface area contributed by atoms with Crippen molar-refractivity contribution in [3.8, 4) is 0 Å². The van der Waals surface area contributed by atoms with Gasteiger partial charge in [-0.2, -0.15) is 0 Å². The van der Waals surface area contributed by atoms with Gasteiger partial charge in [-0.25, -0.2) is 0 Å². The second kappa shape index (κ2) is 6.25. The minimum atomic E-state index is 0.233. The van der Waals surface area contributed by atoms with E-state index in [1.54, 1.807) is 0 Å². The van der Waals surface area contributed by atoms with Crippen molar-refractivity contribution in [2.75, 3.05) is 13.6 Å². The lowest BCUT2D eigenvalue weighted by molar-refractivity contribution is 0.0745. The average molecular weight is 345 g/mol. The smallest absolute Gasteiger partial charge is 0.0328 e. The van der Waals surface area contributed by atoms with Gasteiger partial charge in [0.25, 0.3) is 0 Å². The lowest BCUT2D eigenvalue weighted by Gasteiger charge is -2.44. The number of nitrogens with zero attached hydrogens (tertiary/aromatic N) is 1. The summed E-state index contributed by atoms with van der Waals surface area (Å²) < 4.78 is 1.21. The first-order valence-corrected chi connectivity index (χ1v) is 8.70. The fraction of sp³-hybridized carbons (Fsp3) is 0.733. The lowest BCUT2D eigenvalue weighted by Crippen LogP contribution is -2.51. The van der Waals surface area contributed by atoms with Gasteiger partial charge in [0.1, 0.15) is 0 Å². The molecule has 1 N–H and O–H groups in total. The molecule has 19 heavy (non-hydrogen) atoms. The second-order valence-corrected chi connectivity index (χ2v) is 8.59. The van der Waals surface area contributed by atoms with Gasteiger partial charge >= 0.3 is 0 Å². The maximum absolute atomic E-state index is 3.65. The van der Waals surface area contributed by atoms with Gasteiger partial charge in [0, 0.05) is 32.9 Å². The molecule has 0 saturated heterocycles. The van der Waals surface area contributed by atoms with Crippen LogP contribution < -0.4 is 5.32 Å². The van der Waals surface area contributed by atoms with Gasteiger partial charge in [-0.1, -0.05) is 0 Å². The van der Waals surface area contributed by atoms with Crippen molar-refractivity contribution >= 4 is 27.3 Å². The van der Waals surface area contributed by atoms with Gasteiger partial charge in [-0.3, -0.25) is 4.90 Å². The number of hydrogen-bond acceptors (Lipinski definition) is 3. The van der Waals surface area contributed by atoms with Gasteiger partial charge in [0.15, 0.2) is 0 Å². The first-order valence-electron chi connectivity index (χ1n) is 7.03. The minimum Gasteiger partial charge on any atom is -0.312 e. The standard InChI is InChI=1S/C15H25BrN2S/c1-15(2,3)17-8-11-5-6-14(11)18(4)9-13-7-12(16)10-19-13/h7,10-11,14,17H,5-6,8-9H2,1-4H3. The normalized spacial score (nSPS) is 23.7. The molecular formula is C15H25BrN2S. The molecule has 108 valence electrons. The van der Waals surface area contributed by atoms with Crippen LogP contribution in [0.15, 0.2) is 15.9 Å². The van der Waals surface area contributed by atoms with Crippen LogP contribution in [0.2, 0.25) is 0 Å².